The van der Waals surface area contributed by atoms with E-state index in [1.165, 1.54) is 10.4 Å². The Hall–Kier alpha value is -1.09. The Morgan fingerprint density at radius 1 is 1.45 bits per heavy atom. The van der Waals surface area contributed by atoms with E-state index in [-0.39, 0.29) is 24.0 Å². The fourth-order valence-electron chi connectivity index (χ4n) is 2.14. The molecule has 0 fully saturated rings. The highest BCUT2D eigenvalue weighted by Crippen LogP contribution is 2.09. The summed E-state index contributed by atoms with van der Waals surface area (Å²) >= 11 is 1.81. The molecule has 7 heteroatoms. The van der Waals surface area contributed by atoms with E-state index in [0.717, 1.165) is 31.9 Å². The van der Waals surface area contributed by atoms with E-state index in [1.807, 2.05) is 31.2 Å². The number of likely N-dealkylation sites (N-methyl/N-ethyl adjacent to an activating group) is 1. The van der Waals surface area contributed by atoms with Gasteiger partial charge in [0.05, 0.1) is 6.20 Å². The zero-order valence-corrected chi connectivity index (χ0v) is 16.5. The van der Waals surface area contributed by atoms with Gasteiger partial charge in [0.1, 0.15) is 0 Å². The van der Waals surface area contributed by atoms with Crippen LogP contribution in [0.15, 0.2) is 34.9 Å². The predicted molar refractivity (Wildman–Crippen MR) is 104 cm³/mol. The maximum absolute atomic E-state index is 4.34. The molecular formula is C15H24IN5S. The van der Waals surface area contributed by atoms with E-state index in [4.69, 9.17) is 0 Å². The Kier molecular flexibility index (Phi) is 8.47. The fraction of sp³-hybridized carbons (Fsp3) is 0.467. The largest absolute Gasteiger partial charge is 0.356 e. The van der Waals surface area contributed by atoms with Gasteiger partial charge in [0.2, 0.25) is 0 Å². The van der Waals surface area contributed by atoms with Crippen molar-refractivity contribution in [2.24, 2.45) is 12.0 Å². The van der Waals surface area contributed by atoms with E-state index >= 15 is 0 Å². The standard InChI is InChI=1S/C15H23N5S.HI/c1-16-15(17-8-6-13-11-18-20(3)12-13)19(2)9-7-14-5-4-10-21-14;/h4-5,10-12H,6-9H2,1-3H3,(H,16,17);1H. The van der Waals surface area contributed by atoms with Gasteiger partial charge in [0.15, 0.2) is 5.96 Å². The fourth-order valence-corrected chi connectivity index (χ4v) is 2.84. The minimum atomic E-state index is 0. The SMILES string of the molecule is CN=C(NCCc1cnn(C)c1)N(C)CCc1cccs1.I. The number of halogens is 1. The number of rotatable bonds is 6. The van der Waals surface area contributed by atoms with Crippen molar-refractivity contribution in [1.29, 1.82) is 0 Å². The van der Waals surface area contributed by atoms with E-state index in [2.05, 4.69) is 44.9 Å². The molecule has 0 saturated heterocycles. The lowest BCUT2D eigenvalue weighted by Gasteiger charge is -2.21. The van der Waals surface area contributed by atoms with Gasteiger partial charge >= 0.3 is 0 Å². The first kappa shape index (κ1) is 19.0. The predicted octanol–water partition coefficient (Wildman–Crippen LogP) is 2.39. The quantitative estimate of drug-likeness (QED) is 0.433. The van der Waals surface area contributed by atoms with E-state index < -0.39 is 0 Å². The van der Waals surface area contributed by atoms with Gasteiger partial charge in [-0.05, 0) is 29.9 Å². The van der Waals surface area contributed by atoms with Gasteiger partial charge in [-0.1, -0.05) is 6.07 Å². The number of hydrogen-bond acceptors (Lipinski definition) is 3. The third-order valence-corrected chi connectivity index (χ3v) is 4.24. The van der Waals surface area contributed by atoms with Crippen molar-refractivity contribution < 1.29 is 0 Å². The molecule has 0 aliphatic rings. The lowest BCUT2D eigenvalue weighted by atomic mass is 10.2. The lowest BCUT2D eigenvalue weighted by molar-refractivity contribution is 0.487. The summed E-state index contributed by atoms with van der Waals surface area (Å²) in [5.74, 6) is 0.940. The molecule has 22 heavy (non-hydrogen) atoms. The number of hydrogen-bond donors (Lipinski definition) is 1. The summed E-state index contributed by atoms with van der Waals surface area (Å²) in [5.41, 5.74) is 1.24. The van der Waals surface area contributed by atoms with Crippen LogP contribution < -0.4 is 5.32 Å². The van der Waals surface area contributed by atoms with Gasteiger partial charge in [-0.25, -0.2) is 0 Å². The smallest absolute Gasteiger partial charge is 0.193 e. The molecule has 2 rings (SSSR count). The number of nitrogens with zero attached hydrogens (tertiary/aromatic N) is 4. The molecule has 0 aliphatic carbocycles. The van der Waals surface area contributed by atoms with Crippen molar-refractivity contribution in [2.45, 2.75) is 12.8 Å². The number of aromatic nitrogens is 2. The highest BCUT2D eigenvalue weighted by atomic mass is 127. The number of guanidine groups is 1. The molecule has 0 aromatic carbocycles. The molecule has 2 heterocycles. The molecule has 0 aliphatic heterocycles. The highest BCUT2D eigenvalue weighted by molar-refractivity contribution is 14.0. The van der Waals surface area contributed by atoms with Gasteiger partial charge in [-0.15, -0.1) is 35.3 Å². The monoisotopic (exact) mass is 433 g/mol. The van der Waals surface area contributed by atoms with Crippen LogP contribution in [0.2, 0.25) is 0 Å². The van der Waals surface area contributed by atoms with Crippen molar-refractivity contribution in [2.75, 3.05) is 27.2 Å². The molecule has 0 radical (unpaired) electrons. The van der Waals surface area contributed by atoms with Crippen molar-refractivity contribution in [1.82, 2.24) is 20.0 Å². The van der Waals surface area contributed by atoms with Crippen LogP contribution >= 0.6 is 35.3 Å². The summed E-state index contributed by atoms with van der Waals surface area (Å²) in [5, 5.41) is 9.70. The molecule has 0 unspecified atom stereocenters. The molecule has 5 nitrogen and oxygen atoms in total. The first-order valence-electron chi connectivity index (χ1n) is 7.10. The Balaban J connectivity index is 0.00000242. The molecule has 122 valence electrons. The number of aliphatic imine (C=N–C) groups is 1. The van der Waals surface area contributed by atoms with Crippen LogP contribution in [0.5, 0.6) is 0 Å². The normalized spacial score (nSPS) is 11.1. The number of aryl methyl sites for hydroxylation is 1. The van der Waals surface area contributed by atoms with Crippen LogP contribution in [-0.4, -0.2) is 47.8 Å². The van der Waals surface area contributed by atoms with E-state index in [1.54, 1.807) is 11.3 Å². The first-order valence-corrected chi connectivity index (χ1v) is 7.98. The average Bonchev–Trinajstić information content (AvgIpc) is 3.12. The topological polar surface area (TPSA) is 45.5 Å². The zero-order chi connectivity index (χ0) is 15.1. The van der Waals surface area contributed by atoms with Gasteiger partial charge < -0.3 is 10.2 Å². The molecule has 1 N–H and O–H groups in total. The van der Waals surface area contributed by atoms with Crippen LogP contribution in [0, 0.1) is 0 Å². The first-order chi connectivity index (χ1) is 10.2. The lowest BCUT2D eigenvalue weighted by Crippen LogP contribution is -2.40. The van der Waals surface area contributed by atoms with Crippen molar-refractivity contribution >= 4 is 41.3 Å². The molecule has 0 bridgehead atoms. The van der Waals surface area contributed by atoms with E-state index in [0.29, 0.717) is 0 Å². The molecule has 0 saturated carbocycles. The third-order valence-electron chi connectivity index (χ3n) is 3.30. The maximum atomic E-state index is 4.34. The van der Waals surface area contributed by atoms with Gasteiger partial charge in [-0.2, -0.15) is 5.10 Å². The Morgan fingerprint density at radius 2 is 2.27 bits per heavy atom. The minimum Gasteiger partial charge on any atom is -0.356 e. The van der Waals surface area contributed by atoms with Crippen LogP contribution in [0.25, 0.3) is 0 Å². The maximum Gasteiger partial charge on any atom is 0.193 e. The molecule has 2 aromatic rings. The Labute approximate surface area is 153 Å². The van der Waals surface area contributed by atoms with Crippen LogP contribution in [0.1, 0.15) is 10.4 Å². The van der Waals surface area contributed by atoms with Crippen molar-refractivity contribution in [3.63, 3.8) is 0 Å². The minimum absolute atomic E-state index is 0. The van der Waals surface area contributed by atoms with Crippen LogP contribution in [0.4, 0.5) is 0 Å². The van der Waals surface area contributed by atoms with Crippen molar-refractivity contribution in [3.8, 4) is 0 Å². The van der Waals surface area contributed by atoms with Gasteiger partial charge in [-0.3, -0.25) is 9.67 Å². The second-order valence-electron chi connectivity index (χ2n) is 5.00. The molecular weight excluding hydrogens is 409 g/mol. The van der Waals surface area contributed by atoms with Gasteiger partial charge in [0, 0.05) is 45.3 Å². The Morgan fingerprint density at radius 3 is 2.86 bits per heavy atom. The van der Waals surface area contributed by atoms with Crippen LogP contribution in [0.3, 0.4) is 0 Å². The summed E-state index contributed by atoms with van der Waals surface area (Å²) < 4.78 is 1.83. The molecule has 0 amide bonds. The summed E-state index contributed by atoms with van der Waals surface area (Å²) in [7, 11) is 5.84. The number of thiophene rings is 1. The number of nitrogens with one attached hydrogen (secondary N) is 1. The zero-order valence-electron chi connectivity index (χ0n) is 13.3. The summed E-state index contributed by atoms with van der Waals surface area (Å²) in [6.07, 6.45) is 5.96. The average molecular weight is 433 g/mol. The molecule has 0 atom stereocenters. The van der Waals surface area contributed by atoms with Crippen LogP contribution in [-0.2, 0) is 19.9 Å². The second kappa shape index (κ2) is 9.83. The second-order valence-corrected chi connectivity index (χ2v) is 6.03. The summed E-state index contributed by atoms with van der Waals surface area (Å²) in [6, 6.07) is 4.28. The van der Waals surface area contributed by atoms with Gasteiger partial charge in [0.25, 0.3) is 0 Å². The Bertz CT molecular complexity index is 564. The third kappa shape index (κ3) is 5.96. The summed E-state index contributed by atoms with van der Waals surface area (Å²) in [4.78, 5) is 7.92. The van der Waals surface area contributed by atoms with Crippen molar-refractivity contribution in [3.05, 3.63) is 40.3 Å². The molecule has 0 spiro atoms. The molecule has 2 aromatic heterocycles. The summed E-state index contributed by atoms with van der Waals surface area (Å²) in [6.45, 7) is 1.83. The van der Waals surface area contributed by atoms with E-state index in [9.17, 15) is 0 Å². The highest BCUT2D eigenvalue weighted by Gasteiger charge is 2.06.